The normalized spacial score (nSPS) is 11.5. The van der Waals surface area contributed by atoms with Gasteiger partial charge in [-0.05, 0) is 24.1 Å². The summed E-state index contributed by atoms with van der Waals surface area (Å²) < 4.78 is 42.3. The van der Waals surface area contributed by atoms with Crippen molar-refractivity contribution in [3.8, 4) is 5.75 Å². The van der Waals surface area contributed by atoms with Crippen LogP contribution in [0.3, 0.4) is 0 Å². The zero-order valence-electron chi connectivity index (χ0n) is 15.1. The summed E-state index contributed by atoms with van der Waals surface area (Å²) in [6.45, 7) is 1.37. The molecule has 0 saturated carbocycles. The lowest BCUT2D eigenvalue weighted by atomic mass is 10.1. The van der Waals surface area contributed by atoms with Gasteiger partial charge in [0.05, 0.1) is 0 Å². The van der Waals surface area contributed by atoms with Gasteiger partial charge in [-0.1, -0.05) is 42.5 Å². The van der Waals surface area contributed by atoms with Gasteiger partial charge in [-0.2, -0.15) is 13.2 Å². The van der Waals surface area contributed by atoms with E-state index in [1.165, 1.54) is 0 Å². The van der Waals surface area contributed by atoms with E-state index < -0.39 is 12.8 Å². The molecule has 148 valence electrons. The van der Waals surface area contributed by atoms with E-state index in [1.807, 2.05) is 36.4 Å². The number of aryl methyl sites for hydroxylation is 1. The van der Waals surface area contributed by atoms with Crippen molar-refractivity contribution in [2.45, 2.75) is 26.2 Å². The molecular formula is C19H23F3IN3O. The van der Waals surface area contributed by atoms with E-state index in [4.69, 9.17) is 4.74 Å². The third-order valence-corrected chi connectivity index (χ3v) is 3.59. The van der Waals surface area contributed by atoms with Crippen LogP contribution in [0.4, 0.5) is 13.2 Å². The van der Waals surface area contributed by atoms with Crippen molar-refractivity contribution in [1.29, 1.82) is 0 Å². The summed E-state index contributed by atoms with van der Waals surface area (Å²) in [4.78, 5) is 4.12. The van der Waals surface area contributed by atoms with Crippen molar-refractivity contribution >= 4 is 29.9 Å². The fraction of sp³-hybridized carbons (Fsp3) is 0.316. The lowest BCUT2D eigenvalue weighted by molar-refractivity contribution is -0.153. The molecule has 2 aromatic rings. The Morgan fingerprint density at radius 1 is 1.04 bits per heavy atom. The first-order valence-corrected chi connectivity index (χ1v) is 8.15. The van der Waals surface area contributed by atoms with E-state index in [1.54, 1.807) is 26.1 Å². The molecule has 0 atom stereocenters. The number of ether oxygens (including phenoxy) is 1. The lowest BCUT2D eigenvalue weighted by Gasteiger charge is -2.16. The molecule has 0 amide bonds. The van der Waals surface area contributed by atoms with Gasteiger partial charge in [-0.25, -0.2) is 0 Å². The molecule has 8 heteroatoms. The first kappa shape index (κ1) is 23.1. The largest absolute Gasteiger partial charge is 0.484 e. The second-order valence-electron chi connectivity index (χ2n) is 5.78. The zero-order chi connectivity index (χ0) is 19.0. The molecular weight excluding hydrogens is 470 g/mol. The smallest absolute Gasteiger partial charge is 0.422 e. The number of alkyl halides is 3. The summed E-state index contributed by atoms with van der Waals surface area (Å²) >= 11 is 0. The Bertz CT molecular complexity index is 737. The minimum atomic E-state index is -4.37. The molecule has 2 N–H and O–H groups in total. The number of guanidine groups is 1. The Labute approximate surface area is 174 Å². The van der Waals surface area contributed by atoms with Gasteiger partial charge in [0.25, 0.3) is 0 Å². The van der Waals surface area contributed by atoms with E-state index in [-0.39, 0.29) is 29.7 Å². The molecule has 0 aliphatic carbocycles. The standard InChI is InChI=1S/C19H22F3N3O.HI/c1-14-8-9-16(17(10-14)26-13-19(20,21)22)12-25-18(23-2)24-11-15-6-4-3-5-7-15;/h3-10H,11-13H2,1-2H3,(H2,23,24,25);1H. The number of hydrogen-bond donors (Lipinski definition) is 2. The van der Waals surface area contributed by atoms with Crippen LogP contribution in [-0.2, 0) is 13.1 Å². The predicted molar refractivity (Wildman–Crippen MR) is 112 cm³/mol. The molecule has 0 aliphatic rings. The highest BCUT2D eigenvalue weighted by molar-refractivity contribution is 14.0. The van der Waals surface area contributed by atoms with E-state index in [0.717, 1.165) is 11.1 Å². The van der Waals surface area contributed by atoms with Gasteiger partial charge >= 0.3 is 6.18 Å². The Morgan fingerprint density at radius 2 is 1.70 bits per heavy atom. The topological polar surface area (TPSA) is 45.7 Å². The first-order chi connectivity index (χ1) is 12.4. The SMILES string of the molecule is CN=C(NCc1ccccc1)NCc1ccc(C)cc1OCC(F)(F)F.I. The van der Waals surface area contributed by atoms with Crippen LogP contribution in [-0.4, -0.2) is 25.8 Å². The fourth-order valence-electron chi connectivity index (χ4n) is 2.28. The fourth-order valence-corrected chi connectivity index (χ4v) is 2.28. The van der Waals surface area contributed by atoms with Gasteiger partial charge in [0.2, 0.25) is 0 Å². The highest BCUT2D eigenvalue weighted by Gasteiger charge is 2.28. The second-order valence-corrected chi connectivity index (χ2v) is 5.78. The van der Waals surface area contributed by atoms with Gasteiger partial charge in [-0.3, -0.25) is 4.99 Å². The van der Waals surface area contributed by atoms with Crippen molar-refractivity contribution in [2.75, 3.05) is 13.7 Å². The quantitative estimate of drug-likeness (QED) is 0.356. The molecule has 0 aromatic heterocycles. The molecule has 27 heavy (non-hydrogen) atoms. The van der Waals surface area contributed by atoms with Crippen molar-refractivity contribution in [1.82, 2.24) is 10.6 Å². The highest BCUT2D eigenvalue weighted by atomic mass is 127. The highest BCUT2D eigenvalue weighted by Crippen LogP contribution is 2.23. The summed E-state index contributed by atoms with van der Waals surface area (Å²) in [7, 11) is 1.64. The molecule has 0 aliphatic heterocycles. The number of nitrogens with zero attached hydrogens (tertiary/aromatic N) is 1. The molecule has 2 aromatic carbocycles. The second kappa shape index (κ2) is 11.0. The zero-order valence-corrected chi connectivity index (χ0v) is 17.5. The van der Waals surface area contributed by atoms with E-state index >= 15 is 0 Å². The summed E-state index contributed by atoms with van der Waals surface area (Å²) in [6, 6.07) is 15.0. The van der Waals surface area contributed by atoms with Gasteiger partial charge in [0, 0.05) is 25.7 Å². The molecule has 2 rings (SSSR count). The van der Waals surface area contributed by atoms with Crippen LogP contribution in [0.2, 0.25) is 0 Å². The number of hydrogen-bond acceptors (Lipinski definition) is 2. The Kier molecular flexibility index (Phi) is 9.40. The summed E-state index contributed by atoms with van der Waals surface area (Å²) in [5, 5.41) is 6.25. The number of benzene rings is 2. The minimum absolute atomic E-state index is 0. The molecule has 0 fully saturated rings. The number of rotatable bonds is 6. The van der Waals surface area contributed by atoms with Crippen LogP contribution < -0.4 is 15.4 Å². The van der Waals surface area contributed by atoms with E-state index in [9.17, 15) is 13.2 Å². The molecule has 0 unspecified atom stereocenters. The first-order valence-electron chi connectivity index (χ1n) is 8.15. The van der Waals surface area contributed by atoms with Gasteiger partial charge < -0.3 is 15.4 Å². The molecule has 0 spiro atoms. The maximum atomic E-state index is 12.4. The third kappa shape index (κ3) is 8.51. The minimum Gasteiger partial charge on any atom is -0.484 e. The van der Waals surface area contributed by atoms with Gasteiger partial charge in [-0.15, -0.1) is 24.0 Å². The lowest BCUT2D eigenvalue weighted by Crippen LogP contribution is -2.36. The average Bonchev–Trinajstić information content (AvgIpc) is 2.61. The van der Waals surface area contributed by atoms with Crippen LogP contribution in [0.1, 0.15) is 16.7 Å². The van der Waals surface area contributed by atoms with Crippen LogP contribution in [0.15, 0.2) is 53.5 Å². The van der Waals surface area contributed by atoms with E-state index in [2.05, 4.69) is 15.6 Å². The maximum Gasteiger partial charge on any atom is 0.422 e. The third-order valence-electron chi connectivity index (χ3n) is 3.59. The molecule has 0 radical (unpaired) electrons. The number of halogens is 4. The Morgan fingerprint density at radius 3 is 2.33 bits per heavy atom. The van der Waals surface area contributed by atoms with Gasteiger partial charge in [0.1, 0.15) is 5.75 Å². The predicted octanol–water partition coefficient (Wildman–Crippen LogP) is 4.42. The Balaban J connectivity index is 0.00000364. The van der Waals surface area contributed by atoms with Crippen LogP contribution in [0.25, 0.3) is 0 Å². The molecule has 0 bridgehead atoms. The monoisotopic (exact) mass is 493 g/mol. The summed E-state index contributed by atoms with van der Waals surface area (Å²) in [5.41, 5.74) is 2.56. The molecule has 4 nitrogen and oxygen atoms in total. The van der Waals surface area contributed by atoms with Crippen LogP contribution in [0.5, 0.6) is 5.75 Å². The summed E-state index contributed by atoms with van der Waals surface area (Å²) in [6.07, 6.45) is -4.37. The van der Waals surface area contributed by atoms with Crippen molar-refractivity contribution < 1.29 is 17.9 Å². The Hall–Kier alpha value is -1.97. The van der Waals surface area contributed by atoms with Crippen LogP contribution in [0, 0.1) is 6.92 Å². The maximum absolute atomic E-state index is 12.4. The van der Waals surface area contributed by atoms with Gasteiger partial charge in [0.15, 0.2) is 12.6 Å². The van der Waals surface area contributed by atoms with Crippen LogP contribution >= 0.6 is 24.0 Å². The molecule has 0 heterocycles. The number of aliphatic imine (C=N–C) groups is 1. The number of nitrogens with one attached hydrogen (secondary N) is 2. The van der Waals surface area contributed by atoms with E-state index in [0.29, 0.717) is 24.6 Å². The summed E-state index contributed by atoms with van der Waals surface area (Å²) in [5.74, 6) is 0.768. The van der Waals surface area contributed by atoms with Crippen molar-refractivity contribution in [3.63, 3.8) is 0 Å². The average molecular weight is 493 g/mol. The van der Waals surface area contributed by atoms with Crippen molar-refractivity contribution in [3.05, 3.63) is 65.2 Å². The van der Waals surface area contributed by atoms with Crippen molar-refractivity contribution in [2.24, 2.45) is 4.99 Å². The molecule has 0 saturated heterocycles.